The molecule has 0 aliphatic carbocycles. The van der Waals surface area contributed by atoms with Gasteiger partial charge in [-0.1, -0.05) is 18.2 Å². The predicted molar refractivity (Wildman–Crippen MR) is 258 cm³/mol. The first-order chi connectivity index (χ1) is 33.1. The minimum absolute atomic E-state index is 0.0537. The maximum Gasteiger partial charge on any atom is 0.261 e. The molecule has 3 fully saturated rings. The lowest BCUT2D eigenvalue weighted by Crippen LogP contribution is -2.53. The molecular weight excluding hydrogens is 870 g/mol. The van der Waals surface area contributed by atoms with Crippen molar-refractivity contribution in [3.63, 3.8) is 0 Å². The van der Waals surface area contributed by atoms with Gasteiger partial charge in [-0.3, -0.25) is 29.0 Å². The van der Waals surface area contributed by atoms with Crippen LogP contribution >= 0.6 is 0 Å². The lowest BCUT2D eigenvalue weighted by atomic mass is 10.0. The number of ether oxygens (including phenoxy) is 3. The average molecular weight is 940 g/mol. The third-order valence-electron chi connectivity index (χ3n) is 14.0. The van der Waals surface area contributed by atoms with Crippen LogP contribution in [0.3, 0.4) is 0 Å². The second-order valence-electron chi connectivity index (χ2n) is 18.4. The van der Waals surface area contributed by atoms with Gasteiger partial charge in [0.25, 0.3) is 11.8 Å². The Hall–Kier alpha value is -5.42. The van der Waals surface area contributed by atoms with Gasteiger partial charge >= 0.3 is 0 Å². The fraction of sp³-hybridized carbons (Fsp3) is 0.558. The van der Waals surface area contributed by atoms with E-state index in [1.165, 1.54) is 19.2 Å². The second-order valence-corrected chi connectivity index (χ2v) is 18.4. The van der Waals surface area contributed by atoms with E-state index >= 15 is 0 Å². The van der Waals surface area contributed by atoms with Crippen molar-refractivity contribution >= 4 is 41.8 Å². The summed E-state index contributed by atoms with van der Waals surface area (Å²) in [5.74, 6) is -0.944. The molecule has 3 saturated heterocycles. The predicted octanol–water partition coefficient (Wildman–Crippen LogP) is 6.33. The fourth-order valence-electron chi connectivity index (χ4n) is 10.0. The molecule has 0 saturated carbocycles. The van der Waals surface area contributed by atoms with E-state index in [9.17, 15) is 28.4 Å². The number of amides is 4. The molecule has 7 rings (SSSR count). The monoisotopic (exact) mass is 940 g/mol. The molecule has 16 heteroatoms. The quantitative estimate of drug-likeness (QED) is 0.0807. The molecule has 4 aliphatic heterocycles. The molecule has 15 nitrogen and oxygen atoms in total. The van der Waals surface area contributed by atoms with Crippen LogP contribution in [0.15, 0.2) is 54.6 Å². The third kappa shape index (κ3) is 12.6. The zero-order valence-corrected chi connectivity index (χ0v) is 40.1. The Bertz CT molecular complexity index is 2190. The molecule has 3 unspecified atom stereocenters. The Morgan fingerprint density at radius 1 is 0.956 bits per heavy atom. The van der Waals surface area contributed by atoms with Crippen molar-refractivity contribution in [1.82, 2.24) is 24.9 Å². The molecular formula is C52H70FN7O8. The standard InChI is InChI=1S/C52H70FN7O8/c1-37-15-17-42(34-43(37)51(64)60(36-62)46(13-9-29-61)50(63)54-3)58-27-25-57(26-28-58)41-19-23-56(24-20-41)22-10-31-66-30-7-5-21-55-45-12-8-11-39-35-59(52(65)49(39)45)38(2)44-33-40(53)16-18-47(44)68-48-14-4-6-32-67-48/h8,11-12,15-18,29,33-34,36,38,41,46,48,55H,4-7,9-10,13-14,19-28,30-32,35H2,1-3H3,(H,54,63). The van der Waals surface area contributed by atoms with Crippen LogP contribution in [-0.2, 0) is 30.4 Å². The van der Waals surface area contributed by atoms with Gasteiger partial charge in [-0.05, 0) is 126 Å². The lowest BCUT2D eigenvalue weighted by Gasteiger charge is -2.43. The molecule has 3 aromatic rings. The maximum absolute atomic E-state index is 14.5. The van der Waals surface area contributed by atoms with Crippen LogP contribution in [0.4, 0.5) is 15.8 Å². The van der Waals surface area contributed by atoms with Crippen molar-refractivity contribution in [1.29, 1.82) is 0 Å². The number of imide groups is 1. The van der Waals surface area contributed by atoms with Crippen molar-refractivity contribution < 1.29 is 42.6 Å². The molecule has 0 spiro atoms. The van der Waals surface area contributed by atoms with E-state index in [1.807, 2.05) is 50.2 Å². The fourth-order valence-corrected chi connectivity index (χ4v) is 10.0. The number of halogens is 1. The summed E-state index contributed by atoms with van der Waals surface area (Å²) in [4.78, 5) is 73.3. The number of hydrogen-bond acceptors (Lipinski definition) is 12. The minimum atomic E-state index is -1.07. The van der Waals surface area contributed by atoms with Crippen LogP contribution < -0.4 is 20.3 Å². The molecule has 0 aromatic heterocycles. The number of carbonyl (C=O) groups is 5. The van der Waals surface area contributed by atoms with E-state index < -0.39 is 23.9 Å². The Morgan fingerprint density at radius 3 is 2.49 bits per heavy atom. The number of piperidine rings is 1. The summed E-state index contributed by atoms with van der Waals surface area (Å²) in [5.41, 5.74) is 5.06. The van der Waals surface area contributed by atoms with Gasteiger partial charge < -0.3 is 44.3 Å². The van der Waals surface area contributed by atoms with Crippen molar-refractivity contribution in [3.8, 4) is 5.75 Å². The highest BCUT2D eigenvalue weighted by molar-refractivity contribution is 6.05. The number of piperazine rings is 1. The summed E-state index contributed by atoms with van der Waals surface area (Å²) in [6.45, 7) is 13.6. The number of nitrogens with zero attached hydrogens (tertiary/aromatic N) is 5. The summed E-state index contributed by atoms with van der Waals surface area (Å²) in [5, 5.41) is 6.00. The van der Waals surface area contributed by atoms with E-state index in [0.717, 1.165) is 132 Å². The first kappa shape index (κ1) is 50.5. The normalized spacial score (nSPS) is 19.0. The number of fused-ring (bicyclic) bond motifs is 1. The van der Waals surface area contributed by atoms with Gasteiger partial charge in [0.15, 0.2) is 6.29 Å². The van der Waals surface area contributed by atoms with Gasteiger partial charge in [-0.25, -0.2) is 4.39 Å². The molecule has 4 heterocycles. The van der Waals surface area contributed by atoms with Gasteiger partial charge in [-0.2, -0.15) is 0 Å². The molecule has 4 amide bonds. The molecule has 0 bridgehead atoms. The Kier molecular flexibility index (Phi) is 18.4. The number of likely N-dealkylation sites (N-methyl/N-ethyl adjacent to an activating group) is 1. The zero-order chi connectivity index (χ0) is 48.0. The number of nitrogens with one attached hydrogen (secondary N) is 2. The smallest absolute Gasteiger partial charge is 0.261 e. The SMILES string of the molecule is CNC(=O)C(CCC=O)N(C=O)C(=O)c1cc(N2CCN(C3CCN(CCCOCCCCNc4cccc5c4C(=O)N(C(C)c4cc(F)ccc4OC4CCCCO4)C5)CC3)CC2)ccc1C. The van der Waals surface area contributed by atoms with Crippen molar-refractivity contribution in [2.45, 2.75) is 109 Å². The van der Waals surface area contributed by atoms with Crippen LogP contribution in [0.2, 0.25) is 0 Å². The first-order valence-electron chi connectivity index (χ1n) is 24.7. The Balaban J connectivity index is 0.771. The van der Waals surface area contributed by atoms with E-state index in [4.69, 9.17) is 14.2 Å². The topological polar surface area (TPSA) is 153 Å². The largest absolute Gasteiger partial charge is 0.465 e. The number of hydrogen-bond donors (Lipinski definition) is 2. The van der Waals surface area contributed by atoms with E-state index in [2.05, 4.69) is 25.3 Å². The van der Waals surface area contributed by atoms with Crippen LogP contribution in [0.5, 0.6) is 5.75 Å². The highest BCUT2D eigenvalue weighted by Gasteiger charge is 2.36. The van der Waals surface area contributed by atoms with Gasteiger partial charge in [0.2, 0.25) is 12.3 Å². The van der Waals surface area contributed by atoms with Crippen LogP contribution in [0.1, 0.15) is 115 Å². The molecule has 0 radical (unpaired) electrons. The first-order valence-corrected chi connectivity index (χ1v) is 24.7. The zero-order valence-electron chi connectivity index (χ0n) is 40.1. The summed E-state index contributed by atoms with van der Waals surface area (Å²) >= 11 is 0. The number of benzene rings is 3. The number of anilines is 2. The van der Waals surface area contributed by atoms with E-state index in [1.54, 1.807) is 11.0 Å². The molecule has 3 aromatic carbocycles. The second kappa shape index (κ2) is 24.7. The molecule has 2 N–H and O–H groups in total. The van der Waals surface area contributed by atoms with Crippen LogP contribution in [0, 0.1) is 12.7 Å². The third-order valence-corrected chi connectivity index (χ3v) is 14.0. The van der Waals surface area contributed by atoms with Gasteiger partial charge in [0.1, 0.15) is 23.9 Å². The van der Waals surface area contributed by atoms with E-state index in [0.29, 0.717) is 66.5 Å². The molecule has 68 heavy (non-hydrogen) atoms. The highest BCUT2D eigenvalue weighted by atomic mass is 19.1. The number of likely N-dealkylation sites (tertiary alicyclic amines) is 1. The van der Waals surface area contributed by atoms with Gasteiger partial charge in [-0.15, -0.1) is 0 Å². The van der Waals surface area contributed by atoms with E-state index in [-0.39, 0.29) is 30.9 Å². The van der Waals surface area contributed by atoms with Crippen molar-refractivity contribution in [2.24, 2.45) is 0 Å². The number of aldehydes is 1. The Labute approximate surface area is 400 Å². The number of rotatable bonds is 23. The maximum atomic E-state index is 14.5. The number of unbranched alkanes of at least 4 members (excludes halogenated alkanes) is 1. The minimum Gasteiger partial charge on any atom is -0.465 e. The van der Waals surface area contributed by atoms with Crippen LogP contribution in [-0.4, -0.2) is 148 Å². The summed E-state index contributed by atoms with van der Waals surface area (Å²) in [6.07, 6.45) is 8.66. The lowest BCUT2D eigenvalue weighted by molar-refractivity contribution is -0.131. The molecule has 3 atom stereocenters. The van der Waals surface area contributed by atoms with Crippen molar-refractivity contribution in [2.75, 3.05) is 89.4 Å². The van der Waals surface area contributed by atoms with Crippen LogP contribution in [0.25, 0.3) is 0 Å². The number of carbonyl (C=O) groups excluding carboxylic acids is 5. The highest BCUT2D eigenvalue weighted by Crippen LogP contribution is 2.39. The number of aryl methyl sites for hydroxylation is 1. The summed E-state index contributed by atoms with van der Waals surface area (Å²) in [6, 6.07) is 15.2. The van der Waals surface area contributed by atoms with Gasteiger partial charge in [0, 0.05) is 107 Å². The molecule has 368 valence electrons. The summed E-state index contributed by atoms with van der Waals surface area (Å²) < 4.78 is 32.5. The molecule has 4 aliphatic rings. The summed E-state index contributed by atoms with van der Waals surface area (Å²) in [7, 11) is 1.44. The average Bonchev–Trinajstić information content (AvgIpc) is 3.71. The van der Waals surface area contributed by atoms with Gasteiger partial charge in [0.05, 0.1) is 18.2 Å². The van der Waals surface area contributed by atoms with Crippen molar-refractivity contribution in [3.05, 3.63) is 88.2 Å². The Morgan fingerprint density at radius 2 is 1.75 bits per heavy atom.